The van der Waals surface area contributed by atoms with Crippen LogP contribution < -0.4 is 14.2 Å². The van der Waals surface area contributed by atoms with E-state index < -0.39 is 0 Å². The van der Waals surface area contributed by atoms with Gasteiger partial charge in [0, 0.05) is 12.1 Å². The summed E-state index contributed by atoms with van der Waals surface area (Å²) >= 11 is 0. The van der Waals surface area contributed by atoms with Gasteiger partial charge in [-0.15, -0.1) is 0 Å². The summed E-state index contributed by atoms with van der Waals surface area (Å²) < 4.78 is 16.7. The molecule has 0 aliphatic carbocycles. The van der Waals surface area contributed by atoms with Crippen molar-refractivity contribution in [1.29, 1.82) is 0 Å². The second kappa shape index (κ2) is 8.76. The van der Waals surface area contributed by atoms with Gasteiger partial charge in [-0.2, -0.15) is 0 Å². The smallest absolute Gasteiger partial charge is 0.261 e. The maximum atomic E-state index is 12.9. The van der Waals surface area contributed by atoms with E-state index in [2.05, 4.69) is 32.9 Å². The second-order valence-corrected chi connectivity index (χ2v) is 8.42. The fourth-order valence-electron chi connectivity index (χ4n) is 3.77. The molecule has 2 aromatic carbocycles. The lowest BCUT2D eigenvalue weighted by Crippen LogP contribution is -2.34. The molecule has 1 atom stereocenters. The van der Waals surface area contributed by atoms with E-state index in [4.69, 9.17) is 14.2 Å². The van der Waals surface area contributed by atoms with E-state index in [1.54, 1.807) is 14.2 Å². The molecule has 1 amide bonds. The van der Waals surface area contributed by atoms with Crippen molar-refractivity contribution < 1.29 is 19.0 Å². The first-order chi connectivity index (χ1) is 13.8. The summed E-state index contributed by atoms with van der Waals surface area (Å²) in [5, 5.41) is 0. The normalized spacial score (nSPS) is 16.6. The molecule has 2 aromatic rings. The molecule has 5 nitrogen and oxygen atoms in total. The predicted octanol–water partition coefficient (Wildman–Crippen LogP) is 4.74. The molecular formula is C24H31NO4. The van der Waals surface area contributed by atoms with Gasteiger partial charge >= 0.3 is 0 Å². The van der Waals surface area contributed by atoms with Crippen LogP contribution in [0.1, 0.15) is 50.8 Å². The van der Waals surface area contributed by atoms with Crippen molar-refractivity contribution in [2.24, 2.45) is 0 Å². The molecule has 0 spiro atoms. The fourth-order valence-corrected chi connectivity index (χ4v) is 3.77. The highest BCUT2D eigenvalue weighted by molar-refractivity contribution is 5.78. The van der Waals surface area contributed by atoms with Crippen LogP contribution in [-0.2, 0) is 10.2 Å². The molecule has 29 heavy (non-hydrogen) atoms. The zero-order valence-electron chi connectivity index (χ0n) is 18.0. The Morgan fingerprint density at radius 2 is 1.72 bits per heavy atom. The quantitative estimate of drug-likeness (QED) is 0.706. The first-order valence-electron chi connectivity index (χ1n) is 10.1. The Balaban J connectivity index is 1.69. The summed E-state index contributed by atoms with van der Waals surface area (Å²) in [6, 6.07) is 13.7. The number of nitrogens with zero attached hydrogens (tertiary/aromatic N) is 1. The lowest BCUT2D eigenvalue weighted by atomic mass is 9.87. The molecule has 0 radical (unpaired) electrons. The summed E-state index contributed by atoms with van der Waals surface area (Å²) in [7, 11) is 3.29. The van der Waals surface area contributed by atoms with Gasteiger partial charge in [0.2, 0.25) is 0 Å². The lowest BCUT2D eigenvalue weighted by Gasteiger charge is -2.26. The molecule has 1 fully saturated rings. The van der Waals surface area contributed by atoms with E-state index in [0.29, 0.717) is 5.75 Å². The first-order valence-corrected chi connectivity index (χ1v) is 10.1. The zero-order chi connectivity index (χ0) is 21.0. The minimum Gasteiger partial charge on any atom is -0.497 e. The third kappa shape index (κ3) is 4.84. The van der Waals surface area contributed by atoms with Gasteiger partial charge in [-0.1, -0.05) is 32.9 Å². The molecule has 1 aliphatic rings. The molecule has 0 saturated carbocycles. The van der Waals surface area contributed by atoms with Crippen LogP contribution in [0.4, 0.5) is 0 Å². The minimum atomic E-state index is -0.0283. The van der Waals surface area contributed by atoms with Gasteiger partial charge in [0.25, 0.3) is 5.91 Å². The SMILES string of the molecule is COc1ccc(OC)c(C2CCCN2C(=O)COc2ccc(C(C)(C)C)cc2)c1. The van der Waals surface area contributed by atoms with Crippen LogP contribution in [0.15, 0.2) is 42.5 Å². The number of likely N-dealkylation sites (tertiary alicyclic amines) is 1. The molecule has 5 heteroatoms. The molecular weight excluding hydrogens is 366 g/mol. The van der Waals surface area contributed by atoms with Crippen molar-refractivity contribution in [3.8, 4) is 17.2 Å². The lowest BCUT2D eigenvalue weighted by molar-refractivity contribution is -0.134. The van der Waals surface area contributed by atoms with Crippen LogP contribution in [0, 0.1) is 0 Å². The van der Waals surface area contributed by atoms with Crippen LogP contribution >= 0.6 is 0 Å². The van der Waals surface area contributed by atoms with Gasteiger partial charge < -0.3 is 19.1 Å². The monoisotopic (exact) mass is 397 g/mol. The number of carbonyl (C=O) groups is 1. The number of rotatable bonds is 6. The van der Waals surface area contributed by atoms with E-state index in [9.17, 15) is 4.79 Å². The summed E-state index contributed by atoms with van der Waals surface area (Å²) in [4.78, 5) is 14.8. The first kappa shape index (κ1) is 21.0. The average molecular weight is 398 g/mol. The largest absolute Gasteiger partial charge is 0.497 e. The molecule has 0 bridgehead atoms. The van der Waals surface area contributed by atoms with E-state index in [1.165, 1.54) is 5.56 Å². The molecule has 1 heterocycles. The average Bonchev–Trinajstić information content (AvgIpc) is 3.21. The molecule has 156 valence electrons. The third-order valence-corrected chi connectivity index (χ3v) is 5.45. The van der Waals surface area contributed by atoms with Crippen molar-refractivity contribution in [2.75, 3.05) is 27.4 Å². The maximum absolute atomic E-state index is 12.9. The van der Waals surface area contributed by atoms with Crippen molar-refractivity contribution in [1.82, 2.24) is 4.90 Å². The number of methoxy groups -OCH3 is 2. The van der Waals surface area contributed by atoms with Crippen LogP contribution in [0.3, 0.4) is 0 Å². The Hall–Kier alpha value is -2.69. The number of benzene rings is 2. The summed E-state index contributed by atoms with van der Waals surface area (Å²) in [6.45, 7) is 7.26. The molecule has 0 aromatic heterocycles. The summed E-state index contributed by atoms with van der Waals surface area (Å²) in [5.41, 5.74) is 2.31. The van der Waals surface area contributed by atoms with Crippen molar-refractivity contribution in [2.45, 2.75) is 45.1 Å². The highest BCUT2D eigenvalue weighted by Gasteiger charge is 2.32. The zero-order valence-corrected chi connectivity index (χ0v) is 18.0. The Kier molecular flexibility index (Phi) is 6.36. The van der Waals surface area contributed by atoms with Gasteiger partial charge in [-0.3, -0.25) is 4.79 Å². The molecule has 1 aliphatic heterocycles. The van der Waals surface area contributed by atoms with Crippen LogP contribution in [-0.4, -0.2) is 38.2 Å². The van der Waals surface area contributed by atoms with E-state index in [-0.39, 0.29) is 24.0 Å². The Morgan fingerprint density at radius 1 is 1.03 bits per heavy atom. The van der Waals surface area contributed by atoms with Crippen molar-refractivity contribution in [3.63, 3.8) is 0 Å². The Morgan fingerprint density at radius 3 is 2.34 bits per heavy atom. The number of hydrogen-bond donors (Lipinski definition) is 0. The number of ether oxygens (including phenoxy) is 3. The van der Waals surface area contributed by atoms with Gasteiger partial charge in [-0.25, -0.2) is 0 Å². The number of carbonyl (C=O) groups excluding carboxylic acids is 1. The summed E-state index contributed by atoms with van der Waals surface area (Å²) in [6.07, 6.45) is 1.85. The molecule has 0 N–H and O–H groups in total. The minimum absolute atomic E-state index is 0.0164. The standard InChI is InChI=1S/C24H31NO4/c1-24(2,3)17-8-10-18(11-9-17)29-16-23(26)25-14-6-7-21(25)20-15-19(27-4)12-13-22(20)28-5/h8-13,15,21H,6-7,14,16H2,1-5H3. The summed E-state index contributed by atoms with van der Waals surface area (Å²) in [5.74, 6) is 2.22. The van der Waals surface area contributed by atoms with Crippen LogP contribution in [0.25, 0.3) is 0 Å². The van der Waals surface area contributed by atoms with Crippen molar-refractivity contribution in [3.05, 3.63) is 53.6 Å². The maximum Gasteiger partial charge on any atom is 0.261 e. The van der Waals surface area contributed by atoms with Gasteiger partial charge in [0.1, 0.15) is 17.2 Å². The highest BCUT2D eigenvalue weighted by Crippen LogP contribution is 2.39. The Labute approximate surface area is 173 Å². The van der Waals surface area contributed by atoms with Gasteiger partial charge in [-0.05, 0) is 54.2 Å². The van der Waals surface area contributed by atoms with E-state index >= 15 is 0 Å². The van der Waals surface area contributed by atoms with Gasteiger partial charge in [0.05, 0.1) is 20.3 Å². The molecule has 1 saturated heterocycles. The Bertz CT molecular complexity index is 839. The highest BCUT2D eigenvalue weighted by atomic mass is 16.5. The van der Waals surface area contributed by atoms with Gasteiger partial charge in [0.15, 0.2) is 6.61 Å². The predicted molar refractivity (Wildman–Crippen MR) is 114 cm³/mol. The number of hydrogen-bond acceptors (Lipinski definition) is 4. The van der Waals surface area contributed by atoms with E-state index in [0.717, 1.165) is 36.4 Å². The third-order valence-electron chi connectivity index (χ3n) is 5.45. The molecule has 1 unspecified atom stereocenters. The van der Waals surface area contributed by atoms with Crippen molar-refractivity contribution >= 4 is 5.91 Å². The topological polar surface area (TPSA) is 48.0 Å². The molecule has 3 rings (SSSR count). The van der Waals surface area contributed by atoms with Crippen LogP contribution in [0.2, 0.25) is 0 Å². The second-order valence-electron chi connectivity index (χ2n) is 8.42. The van der Waals surface area contributed by atoms with E-state index in [1.807, 2.05) is 35.2 Å². The number of amides is 1. The fraction of sp³-hybridized carbons (Fsp3) is 0.458. The van der Waals surface area contributed by atoms with Crippen LogP contribution in [0.5, 0.6) is 17.2 Å².